The van der Waals surface area contributed by atoms with Crippen LogP contribution in [0.3, 0.4) is 0 Å². The van der Waals surface area contributed by atoms with Crippen LogP contribution < -0.4 is 4.90 Å². The van der Waals surface area contributed by atoms with Crippen LogP contribution in [-0.4, -0.2) is 14.5 Å². The molecule has 2 nitrogen and oxygen atoms in total. The fraction of sp³-hybridized carbons (Fsp3) is 0.217. The molecule has 4 fully saturated rings. The predicted molar refractivity (Wildman–Crippen MR) is 204 cm³/mol. The van der Waals surface area contributed by atoms with E-state index in [0.717, 1.165) is 34.8 Å². The molecule has 13 rings (SSSR count). The minimum absolute atomic E-state index is 0.125. The zero-order valence-corrected chi connectivity index (χ0v) is 28.9. The molecule has 0 aliphatic heterocycles. The summed E-state index contributed by atoms with van der Waals surface area (Å²) in [4.78, 5) is 2.57. The molecule has 8 aromatic rings. The molecule has 0 radical (unpaired) electrons. The van der Waals surface area contributed by atoms with Gasteiger partial charge in [0.15, 0.2) is 0 Å². The van der Waals surface area contributed by atoms with Crippen molar-refractivity contribution < 1.29 is 4.42 Å². The number of hydrogen-bond donors (Lipinski definition) is 0. The summed E-state index contributed by atoms with van der Waals surface area (Å²) in [6.07, 6.45) is 7.04. The first kappa shape index (κ1) is 27.3. The van der Waals surface area contributed by atoms with E-state index in [4.69, 9.17) is 4.42 Å². The van der Waals surface area contributed by atoms with Gasteiger partial charge < -0.3 is 0 Å². The van der Waals surface area contributed by atoms with Gasteiger partial charge in [-0.1, -0.05) is 0 Å². The molecular formula is C46H35NOSe. The first-order chi connectivity index (χ1) is 24.2. The van der Waals surface area contributed by atoms with Crippen molar-refractivity contribution in [3.05, 3.63) is 139 Å². The van der Waals surface area contributed by atoms with Crippen LogP contribution in [0.5, 0.6) is 0 Å². The Bertz CT molecular complexity index is 2630. The van der Waals surface area contributed by atoms with Gasteiger partial charge in [-0.25, -0.2) is 0 Å². The number of furan rings is 1. The normalized spacial score (nSPS) is 24.8. The van der Waals surface area contributed by atoms with Crippen molar-refractivity contribution in [3.8, 4) is 11.1 Å². The van der Waals surface area contributed by atoms with Crippen LogP contribution in [0.2, 0.25) is 0 Å². The molecule has 0 amide bonds. The van der Waals surface area contributed by atoms with Gasteiger partial charge in [0, 0.05) is 0 Å². The Balaban J connectivity index is 1.14. The summed E-state index contributed by atoms with van der Waals surface area (Å²) in [5.74, 6) is 3.32. The summed E-state index contributed by atoms with van der Waals surface area (Å²) in [6.45, 7) is 0. The monoisotopic (exact) mass is 697 g/mol. The van der Waals surface area contributed by atoms with Crippen molar-refractivity contribution in [1.29, 1.82) is 0 Å². The Morgan fingerprint density at radius 2 is 1.20 bits per heavy atom. The van der Waals surface area contributed by atoms with Crippen molar-refractivity contribution in [2.45, 2.75) is 37.5 Å². The molecule has 0 atom stereocenters. The van der Waals surface area contributed by atoms with E-state index in [1.54, 1.807) is 11.1 Å². The Morgan fingerprint density at radius 3 is 2.08 bits per heavy atom. The summed E-state index contributed by atoms with van der Waals surface area (Å²) in [5.41, 5.74) is 11.9. The third kappa shape index (κ3) is 3.58. The average Bonchev–Trinajstić information content (AvgIpc) is 3.79. The quantitative estimate of drug-likeness (QED) is 0.171. The third-order valence-electron chi connectivity index (χ3n) is 13.0. The van der Waals surface area contributed by atoms with Crippen LogP contribution >= 0.6 is 0 Å². The average molecular weight is 697 g/mol. The van der Waals surface area contributed by atoms with E-state index in [2.05, 4.69) is 132 Å². The second-order valence-corrected chi connectivity index (χ2v) is 17.6. The van der Waals surface area contributed by atoms with Crippen molar-refractivity contribution in [2.75, 3.05) is 4.90 Å². The third-order valence-corrected chi connectivity index (χ3v) is 15.4. The van der Waals surface area contributed by atoms with Gasteiger partial charge in [0.2, 0.25) is 0 Å². The molecular weight excluding hydrogens is 661 g/mol. The molecule has 5 aliphatic rings. The van der Waals surface area contributed by atoms with Crippen molar-refractivity contribution >= 4 is 72.8 Å². The number of nitrogens with zero attached hydrogens (tertiary/aromatic N) is 1. The van der Waals surface area contributed by atoms with E-state index >= 15 is 0 Å². The topological polar surface area (TPSA) is 16.4 Å². The molecule has 3 heteroatoms. The summed E-state index contributed by atoms with van der Waals surface area (Å²) in [6, 6.07) is 48.3. The van der Waals surface area contributed by atoms with E-state index in [1.807, 2.05) is 0 Å². The zero-order valence-electron chi connectivity index (χ0n) is 27.2. The zero-order chi connectivity index (χ0) is 31.8. The molecule has 0 saturated heterocycles. The van der Waals surface area contributed by atoms with Gasteiger partial charge in [-0.3, -0.25) is 0 Å². The van der Waals surface area contributed by atoms with E-state index in [1.165, 1.54) is 90.4 Å². The van der Waals surface area contributed by atoms with Gasteiger partial charge in [-0.2, -0.15) is 0 Å². The molecule has 0 unspecified atom stereocenters. The first-order valence-corrected chi connectivity index (χ1v) is 19.8. The van der Waals surface area contributed by atoms with Crippen LogP contribution in [0.1, 0.15) is 43.2 Å². The number of benzene rings is 6. The summed E-state index contributed by atoms with van der Waals surface area (Å²) < 4.78 is 9.28. The second kappa shape index (κ2) is 9.78. The molecule has 49 heavy (non-hydrogen) atoms. The Labute approximate surface area is 291 Å². The van der Waals surface area contributed by atoms with Gasteiger partial charge in [0.25, 0.3) is 0 Å². The second-order valence-electron chi connectivity index (χ2n) is 15.3. The number of para-hydroxylation sites is 1. The number of rotatable bonds is 3. The predicted octanol–water partition coefficient (Wildman–Crippen LogP) is 12.1. The van der Waals surface area contributed by atoms with Crippen LogP contribution in [0, 0.1) is 23.7 Å². The van der Waals surface area contributed by atoms with Gasteiger partial charge in [-0.15, -0.1) is 0 Å². The summed E-state index contributed by atoms with van der Waals surface area (Å²) >= 11 is 0.294. The minimum atomic E-state index is 0.125. The maximum absolute atomic E-state index is 6.33. The first-order valence-electron chi connectivity index (χ1n) is 18.1. The number of anilines is 3. The van der Waals surface area contributed by atoms with Crippen LogP contribution in [0.15, 0.2) is 132 Å². The number of hydrogen-bond acceptors (Lipinski definition) is 2. The van der Waals surface area contributed by atoms with Crippen molar-refractivity contribution in [2.24, 2.45) is 23.7 Å². The fourth-order valence-electron chi connectivity index (χ4n) is 11.5. The SMILES string of the molecule is c1ccc2c(c1)-c1ccc(N(c3ccc4oc5ccccc5c4c3)c3cccc4[se]c5ccccc5c34)cc1C21C2CC3CC(C2)CC1C3. The Hall–Kier alpha value is -4.56. The van der Waals surface area contributed by atoms with Crippen molar-refractivity contribution in [3.63, 3.8) is 0 Å². The van der Waals surface area contributed by atoms with E-state index in [-0.39, 0.29) is 5.41 Å². The van der Waals surface area contributed by atoms with Crippen LogP contribution in [0.25, 0.3) is 52.4 Å². The molecule has 4 saturated carbocycles. The maximum atomic E-state index is 6.33. The van der Waals surface area contributed by atoms with E-state index < -0.39 is 0 Å². The van der Waals surface area contributed by atoms with Gasteiger partial charge in [0.1, 0.15) is 0 Å². The molecule has 5 aliphatic carbocycles. The molecule has 6 aromatic carbocycles. The summed E-state index contributed by atoms with van der Waals surface area (Å²) in [5, 5.41) is 5.12. The Morgan fingerprint density at radius 1 is 0.531 bits per heavy atom. The molecule has 236 valence electrons. The molecule has 0 N–H and O–H groups in total. The van der Waals surface area contributed by atoms with Crippen molar-refractivity contribution in [1.82, 2.24) is 0 Å². The van der Waals surface area contributed by atoms with Gasteiger partial charge >= 0.3 is 293 Å². The molecule has 2 aromatic heterocycles. The summed E-state index contributed by atoms with van der Waals surface area (Å²) in [7, 11) is 0. The fourth-order valence-corrected chi connectivity index (χ4v) is 13.9. The van der Waals surface area contributed by atoms with Crippen LogP contribution in [0.4, 0.5) is 17.1 Å². The Kier molecular flexibility index (Phi) is 5.45. The van der Waals surface area contributed by atoms with E-state index in [0.29, 0.717) is 14.5 Å². The molecule has 2 heterocycles. The number of fused-ring (bicyclic) bond motifs is 9. The van der Waals surface area contributed by atoms with Crippen LogP contribution in [-0.2, 0) is 5.41 Å². The van der Waals surface area contributed by atoms with Gasteiger partial charge in [0.05, 0.1) is 0 Å². The van der Waals surface area contributed by atoms with E-state index in [9.17, 15) is 0 Å². The molecule has 4 bridgehead atoms. The van der Waals surface area contributed by atoms with Gasteiger partial charge in [-0.05, 0) is 0 Å². The molecule has 1 spiro atoms. The standard InChI is InChI=1S/C46H35NOSe/c1-4-11-38-33(8-1)34-18-16-32(26-39(34)46(38)29-21-27-20-28(23-29)24-30(46)22-27)47(31-17-19-42-37(25-31)35-9-2-5-13-41(35)48-42)40-12-7-15-44-45(40)36-10-3-6-14-43(36)49-44/h1-19,25-30H,20-24H2.